The van der Waals surface area contributed by atoms with Crippen molar-refractivity contribution in [3.05, 3.63) is 0 Å². The first-order valence-corrected chi connectivity index (χ1v) is 6.56. The SMILES string of the molecule is CSCCC(N)C1CCN(C)CC1. The fourth-order valence-corrected chi connectivity index (χ4v) is 2.45. The Hall–Kier alpha value is 0.270. The van der Waals surface area contributed by atoms with E-state index in [-0.39, 0.29) is 0 Å². The molecule has 1 saturated heterocycles. The van der Waals surface area contributed by atoms with Crippen molar-refractivity contribution in [2.75, 3.05) is 32.1 Å². The molecule has 1 unspecified atom stereocenters. The lowest BCUT2D eigenvalue weighted by Crippen LogP contribution is -2.39. The normalized spacial score (nSPS) is 23.3. The average Bonchev–Trinajstić information content (AvgIpc) is 2.15. The van der Waals surface area contributed by atoms with Gasteiger partial charge in [-0.2, -0.15) is 11.8 Å². The number of hydrogen-bond acceptors (Lipinski definition) is 3. The van der Waals surface area contributed by atoms with Gasteiger partial charge in [0.15, 0.2) is 0 Å². The van der Waals surface area contributed by atoms with Crippen LogP contribution in [0.3, 0.4) is 0 Å². The Kier molecular flexibility index (Phi) is 5.14. The van der Waals surface area contributed by atoms with Gasteiger partial charge in [-0.25, -0.2) is 0 Å². The van der Waals surface area contributed by atoms with Crippen LogP contribution in [0.4, 0.5) is 0 Å². The van der Waals surface area contributed by atoms with Crippen molar-refractivity contribution in [3.8, 4) is 0 Å². The molecule has 1 aliphatic rings. The van der Waals surface area contributed by atoms with Gasteiger partial charge in [0, 0.05) is 6.04 Å². The molecule has 1 atom stereocenters. The standard InChI is InChI=1S/C10H22N2S/c1-12-6-3-9(4-7-12)10(11)5-8-13-2/h9-10H,3-8,11H2,1-2H3. The second-order valence-corrected chi connectivity index (χ2v) is 5.07. The fourth-order valence-electron chi connectivity index (χ4n) is 1.95. The van der Waals surface area contributed by atoms with Crippen LogP contribution in [0.2, 0.25) is 0 Å². The summed E-state index contributed by atoms with van der Waals surface area (Å²) in [7, 11) is 2.20. The van der Waals surface area contributed by atoms with Gasteiger partial charge in [0.2, 0.25) is 0 Å². The lowest BCUT2D eigenvalue weighted by Gasteiger charge is -2.32. The highest BCUT2D eigenvalue weighted by Gasteiger charge is 2.21. The van der Waals surface area contributed by atoms with Gasteiger partial charge in [-0.1, -0.05) is 0 Å². The van der Waals surface area contributed by atoms with E-state index in [0.717, 1.165) is 5.92 Å². The van der Waals surface area contributed by atoms with Crippen LogP contribution in [0.5, 0.6) is 0 Å². The molecule has 1 aliphatic heterocycles. The predicted octanol–water partition coefficient (Wildman–Crippen LogP) is 1.41. The highest BCUT2D eigenvalue weighted by molar-refractivity contribution is 7.98. The molecule has 1 fully saturated rings. The van der Waals surface area contributed by atoms with Crippen molar-refractivity contribution in [3.63, 3.8) is 0 Å². The van der Waals surface area contributed by atoms with E-state index in [1.54, 1.807) is 0 Å². The summed E-state index contributed by atoms with van der Waals surface area (Å²) in [4.78, 5) is 2.40. The smallest absolute Gasteiger partial charge is 0.00759 e. The zero-order valence-electron chi connectivity index (χ0n) is 8.83. The van der Waals surface area contributed by atoms with Crippen LogP contribution < -0.4 is 5.73 Å². The Balaban J connectivity index is 2.19. The van der Waals surface area contributed by atoms with Gasteiger partial charge in [-0.05, 0) is 57.3 Å². The largest absolute Gasteiger partial charge is 0.327 e. The number of thioether (sulfide) groups is 1. The van der Waals surface area contributed by atoms with Crippen molar-refractivity contribution in [2.24, 2.45) is 11.7 Å². The summed E-state index contributed by atoms with van der Waals surface area (Å²) in [6, 6.07) is 0.446. The molecule has 0 aromatic heterocycles. The van der Waals surface area contributed by atoms with Gasteiger partial charge in [0.25, 0.3) is 0 Å². The zero-order valence-corrected chi connectivity index (χ0v) is 9.65. The van der Waals surface area contributed by atoms with Crippen LogP contribution in [0.1, 0.15) is 19.3 Å². The van der Waals surface area contributed by atoms with Gasteiger partial charge < -0.3 is 10.6 Å². The minimum absolute atomic E-state index is 0.446. The van der Waals surface area contributed by atoms with Gasteiger partial charge in [-0.15, -0.1) is 0 Å². The monoisotopic (exact) mass is 202 g/mol. The number of hydrogen-bond donors (Lipinski definition) is 1. The second kappa shape index (κ2) is 5.89. The first kappa shape index (κ1) is 11.3. The molecule has 0 aromatic rings. The molecule has 3 heteroatoms. The maximum atomic E-state index is 6.15. The molecule has 0 aliphatic carbocycles. The Morgan fingerprint density at radius 3 is 2.62 bits per heavy atom. The molecule has 1 rings (SSSR count). The summed E-state index contributed by atoms with van der Waals surface area (Å²) in [5, 5.41) is 0. The van der Waals surface area contributed by atoms with Crippen LogP contribution in [0, 0.1) is 5.92 Å². The van der Waals surface area contributed by atoms with E-state index in [0.29, 0.717) is 6.04 Å². The van der Waals surface area contributed by atoms with E-state index in [4.69, 9.17) is 5.73 Å². The Labute approximate surface area is 86.2 Å². The Morgan fingerprint density at radius 2 is 2.08 bits per heavy atom. The summed E-state index contributed by atoms with van der Waals surface area (Å²) in [5.41, 5.74) is 6.15. The third-order valence-corrected chi connectivity index (χ3v) is 3.67. The maximum absolute atomic E-state index is 6.15. The number of nitrogens with two attached hydrogens (primary N) is 1. The predicted molar refractivity (Wildman–Crippen MR) is 61.2 cm³/mol. The molecule has 0 radical (unpaired) electrons. The van der Waals surface area contributed by atoms with E-state index in [2.05, 4.69) is 18.2 Å². The van der Waals surface area contributed by atoms with Crippen molar-refractivity contribution in [1.29, 1.82) is 0 Å². The van der Waals surface area contributed by atoms with E-state index < -0.39 is 0 Å². The van der Waals surface area contributed by atoms with Gasteiger partial charge in [0.05, 0.1) is 0 Å². The van der Waals surface area contributed by atoms with Crippen LogP contribution in [-0.4, -0.2) is 43.1 Å². The zero-order chi connectivity index (χ0) is 9.68. The third kappa shape index (κ3) is 3.88. The molecule has 0 bridgehead atoms. The summed E-state index contributed by atoms with van der Waals surface area (Å²) >= 11 is 1.90. The van der Waals surface area contributed by atoms with Crippen molar-refractivity contribution >= 4 is 11.8 Å². The molecule has 2 N–H and O–H groups in total. The van der Waals surface area contributed by atoms with Crippen LogP contribution in [0.15, 0.2) is 0 Å². The van der Waals surface area contributed by atoms with E-state index in [9.17, 15) is 0 Å². The number of likely N-dealkylation sites (tertiary alicyclic amines) is 1. The maximum Gasteiger partial charge on any atom is 0.00759 e. The molecule has 0 spiro atoms. The summed E-state index contributed by atoms with van der Waals surface area (Å²) in [6.07, 6.45) is 5.94. The average molecular weight is 202 g/mol. The van der Waals surface area contributed by atoms with Crippen LogP contribution in [0.25, 0.3) is 0 Å². The summed E-state index contributed by atoms with van der Waals surface area (Å²) in [6.45, 7) is 2.47. The summed E-state index contributed by atoms with van der Waals surface area (Å²) < 4.78 is 0. The lowest BCUT2D eigenvalue weighted by atomic mass is 9.89. The minimum atomic E-state index is 0.446. The van der Waals surface area contributed by atoms with Crippen molar-refractivity contribution < 1.29 is 0 Å². The number of rotatable bonds is 4. The van der Waals surface area contributed by atoms with Gasteiger partial charge >= 0.3 is 0 Å². The molecule has 78 valence electrons. The van der Waals surface area contributed by atoms with E-state index in [1.165, 1.54) is 38.1 Å². The third-order valence-electron chi connectivity index (χ3n) is 3.02. The first-order chi connectivity index (χ1) is 6.24. The first-order valence-electron chi connectivity index (χ1n) is 5.17. The molecular formula is C10H22N2S. The number of nitrogens with zero attached hydrogens (tertiary/aromatic N) is 1. The van der Waals surface area contributed by atoms with Crippen LogP contribution >= 0.6 is 11.8 Å². The van der Waals surface area contributed by atoms with Gasteiger partial charge in [0.1, 0.15) is 0 Å². The minimum Gasteiger partial charge on any atom is -0.327 e. The summed E-state index contributed by atoms with van der Waals surface area (Å²) in [5.74, 6) is 2.00. The highest BCUT2D eigenvalue weighted by Crippen LogP contribution is 2.20. The molecule has 2 nitrogen and oxygen atoms in total. The van der Waals surface area contributed by atoms with Crippen LogP contribution in [-0.2, 0) is 0 Å². The molecule has 0 saturated carbocycles. The quantitative estimate of drug-likeness (QED) is 0.747. The second-order valence-electron chi connectivity index (χ2n) is 4.09. The topological polar surface area (TPSA) is 29.3 Å². The Morgan fingerprint density at radius 1 is 1.46 bits per heavy atom. The molecule has 0 aromatic carbocycles. The lowest BCUT2D eigenvalue weighted by molar-refractivity contribution is 0.197. The molecular weight excluding hydrogens is 180 g/mol. The molecule has 0 amide bonds. The highest BCUT2D eigenvalue weighted by atomic mass is 32.2. The van der Waals surface area contributed by atoms with E-state index >= 15 is 0 Å². The molecule has 1 heterocycles. The van der Waals surface area contributed by atoms with Gasteiger partial charge in [-0.3, -0.25) is 0 Å². The van der Waals surface area contributed by atoms with E-state index in [1.807, 2.05) is 11.8 Å². The molecule has 13 heavy (non-hydrogen) atoms. The van der Waals surface area contributed by atoms with Crippen molar-refractivity contribution in [2.45, 2.75) is 25.3 Å². The fraction of sp³-hybridized carbons (Fsp3) is 1.00. The number of piperidine rings is 1. The Bertz CT molecular complexity index is 133. The van der Waals surface area contributed by atoms with Crippen molar-refractivity contribution in [1.82, 2.24) is 4.90 Å².